The van der Waals surface area contributed by atoms with Gasteiger partial charge in [-0.05, 0) is 98.2 Å². The van der Waals surface area contributed by atoms with Crippen LogP contribution < -0.4 is 9.47 Å². The number of hydrogen-bond donors (Lipinski definition) is 2. The molecule has 2 aromatic heterocycles. The van der Waals surface area contributed by atoms with Crippen molar-refractivity contribution in [3.63, 3.8) is 0 Å². The fourth-order valence-electron chi connectivity index (χ4n) is 12.6. The van der Waals surface area contributed by atoms with Gasteiger partial charge in [0.1, 0.15) is 48.4 Å². The van der Waals surface area contributed by atoms with Crippen molar-refractivity contribution in [2.75, 3.05) is 65.7 Å². The number of likely N-dealkylation sites (tertiary alicyclic amines) is 2. The minimum Gasteiger partial charge on any atom is -0.488 e. The molecule has 6 aromatic rings. The van der Waals surface area contributed by atoms with E-state index in [4.69, 9.17) is 28.9 Å². The highest BCUT2D eigenvalue weighted by molar-refractivity contribution is 5.89. The van der Waals surface area contributed by atoms with Crippen molar-refractivity contribution in [3.05, 3.63) is 131 Å². The third-order valence-electron chi connectivity index (χ3n) is 16.6. The number of carbonyl (C=O) groups is 2. The molecule has 14 nitrogen and oxygen atoms in total. The lowest BCUT2D eigenvalue weighted by Crippen LogP contribution is -2.44. The van der Waals surface area contributed by atoms with Gasteiger partial charge in [-0.1, -0.05) is 61.0 Å². The smallest absolute Gasteiger partial charge is 0.245 e. The molecular weight excluding hydrogens is 905 g/mol. The average molecular weight is 969 g/mol. The lowest BCUT2D eigenvalue weighted by molar-refractivity contribution is -0.139. The minimum atomic E-state index is -0.372. The first kappa shape index (κ1) is 45.5. The van der Waals surface area contributed by atoms with Crippen LogP contribution in [0.15, 0.2) is 91.3 Å². The van der Waals surface area contributed by atoms with Crippen LogP contribution in [0.25, 0.3) is 33.6 Å². The van der Waals surface area contributed by atoms with E-state index < -0.39 is 0 Å². The molecule has 2 N–H and O–H groups in total. The summed E-state index contributed by atoms with van der Waals surface area (Å²) in [5.41, 5.74) is 11.4. The molecule has 7 aliphatic rings. The molecule has 4 atom stereocenters. The lowest BCUT2D eigenvalue weighted by Gasteiger charge is -2.35. The zero-order valence-electron chi connectivity index (χ0n) is 41.0. The fraction of sp³-hybridized carbons (Fsp3) is 0.448. The number of nitrogens with zero attached hydrogens (tertiary/aromatic N) is 6. The molecule has 1 saturated carbocycles. The Morgan fingerprint density at radius 3 is 1.56 bits per heavy atom. The number of imidazole rings is 2. The van der Waals surface area contributed by atoms with E-state index in [1.54, 1.807) is 0 Å². The van der Waals surface area contributed by atoms with Gasteiger partial charge in [-0.15, -0.1) is 0 Å². The van der Waals surface area contributed by atoms with Crippen LogP contribution in [0.1, 0.15) is 127 Å². The molecule has 372 valence electrons. The van der Waals surface area contributed by atoms with Crippen LogP contribution in [0.5, 0.6) is 11.5 Å². The van der Waals surface area contributed by atoms with E-state index in [1.807, 2.05) is 35.5 Å². The monoisotopic (exact) mass is 968 g/mol. The Bertz CT molecular complexity index is 2880. The quantitative estimate of drug-likeness (QED) is 0.129. The molecule has 0 bridgehead atoms. The molecular formula is C58H64N8O6. The van der Waals surface area contributed by atoms with Crippen LogP contribution in [-0.4, -0.2) is 117 Å². The first-order valence-corrected chi connectivity index (χ1v) is 26.6. The number of benzene rings is 4. The van der Waals surface area contributed by atoms with Gasteiger partial charge in [-0.2, -0.15) is 0 Å². The van der Waals surface area contributed by atoms with Gasteiger partial charge in [-0.3, -0.25) is 19.4 Å². The number of amides is 2. The number of ether oxygens (including phenoxy) is 4. The lowest BCUT2D eigenvalue weighted by atomic mass is 9.80. The SMILES string of the molecule is O=C(C(c1ccccc1)N1CCCOCC1)N1CCC[C@H]1c1ncc(-c2cc3c4c(c2)OCc2cc(-c5cnc([C@@H]6CCCN6C(=O)C(c6ccc(C7CCC7)cc6)N6CCCOCC6)[nH]5)cc(c2-4)OC3)[nH]1. The maximum absolute atomic E-state index is 14.9. The minimum absolute atomic E-state index is 0.120. The van der Waals surface area contributed by atoms with E-state index >= 15 is 0 Å². The van der Waals surface area contributed by atoms with Gasteiger partial charge >= 0.3 is 0 Å². The average Bonchev–Trinajstić information content (AvgIpc) is 4.22. The topological polar surface area (TPSA) is 141 Å². The Hall–Kier alpha value is -6.32. The third-order valence-corrected chi connectivity index (χ3v) is 16.6. The van der Waals surface area contributed by atoms with Crippen molar-refractivity contribution in [1.82, 2.24) is 39.5 Å². The predicted octanol–water partition coefficient (Wildman–Crippen LogP) is 9.44. The molecule has 1 aliphatic carbocycles. The Morgan fingerprint density at radius 2 is 1.06 bits per heavy atom. The first-order chi connectivity index (χ1) is 35.5. The van der Waals surface area contributed by atoms with Crippen LogP contribution >= 0.6 is 0 Å². The van der Waals surface area contributed by atoms with Gasteiger partial charge in [0.15, 0.2) is 0 Å². The van der Waals surface area contributed by atoms with Crippen LogP contribution in [0.4, 0.5) is 0 Å². The second kappa shape index (κ2) is 19.6. The Morgan fingerprint density at radius 1 is 0.542 bits per heavy atom. The summed E-state index contributed by atoms with van der Waals surface area (Å²) in [4.78, 5) is 55.5. The molecule has 6 aliphatic heterocycles. The Balaban J connectivity index is 0.733. The second-order valence-electron chi connectivity index (χ2n) is 20.9. The molecule has 13 rings (SSSR count). The molecule has 5 fully saturated rings. The van der Waals surface area contributed by atoms with Crippen molar-refractivity contribution >= 4 is 11.8 Å². The number of hydrogen-bond acceptors (Lipinski definition) is 10. The first-order valence-electron chi connectivity index (χ1n) is 26.6. The largest absolute Gasteiger partial charge is 0.488 e. The summed E-state index contributed by atoms with van der Waals surface area (Å²) in [6.45, 7) is 7.96. The van der Waals surface area contributed by atoms with E-state index in [2.05, 4.69) is 85.3 Å². The molecule has 0 spiro atoms. The summed E-state index contributed by atoms with van der Waals surface area (Å²) in [6, 6.07) is 26.7. The number of aromatic nitrogens is 4. The molecule has 4 saturated heterocycles. The highest BCUT2D eigenvalue weighted by atomic mass is 16.5. The number of H-pyrrole nitrogens is 2. The normalized spacial score (nSPS) is 22.3. The number of rotatable bonds is 11. The molecule has 72 heavy (non-hydrogen) atoms. The zero-order valence-corrected chi connectivity index (χ0v) is 41.0. The van der Waals surface area contributed by atoms with Crippen LogP contribution in [-0.2, 0) is 32.3 Å². The zero-order chi connectivity index (χ0) is 48.1. The summed E-state index contributed by atoms with van der Waals surface area (Å²) in [6.07, 6.45) is 13.0. The Kier molecular flexibility index (Phi) is 12.4. The number of carbonyl (C=O) groups excluding carboxylic acids is 2. The number of nitrogens with one attached hydrogen (secondary N) is 2. The Labute approximate surface area is 421 Å². The molecule has 14 heteroatoms. The molecule has 2 unspecified atom stereocenters. The van der Waals surface area contributed by atoms with Crippen molar-refractivity contribution in [2.24, 2.45) is 0 Å². The highest BCUT2D eigenvalue weighted by Gasteiger charge is 2.41. The van der Waals surface area contributed by atoms with E-state index in [-0.39, 0.29) is 36.0 Å². The summed E-state index contributed by atoms with van der Waals surface area (Å²) in [5.74, 6) is 4.17. The van der Waals surface area contributed by atoms with Crippen molar-refractivity contribution in [3.8, 4) is 45.1 Å². The van der Waals surface area contributed by atoms with Crippen LogP contribution in [0.2, 0.25) is 0 Å². The van der Waals surface area contributed by atoms with E-state index in [0.717, 1.165) is 157 Å². The summed E-state index contributed by atoms with van der Waals surface area (Å²) in [5, 5.41) is 0. The van der Waals surface area contributed by atoms with Crippen molar-refractivity contribution in [2.45, 2.75) is 101 Å². The van der Waals surface area contributed by atoms with Crippen LogP contribution in [0, 0.1) is 0 Å². The van der Waals surface area contributed by atoms with E-state index in [0.29, 0.717) is 45.4 Å². The van der Waals surface area contributed by atoms with Gasteiger partial charge in [0, 0.05) is 85.9 Å². The molecule has 2 amide bonds. The van der Waals surface area contributed by atoms with Crippen molar-refractivity contribution in [1.29, 1.82) is 0 Å². The molecule has 4 aromatic carbocycles. The predicted molar refractivity (Wildman–Crippen MR) is 272 cm³/mol. The molecule has 0 radical (unpaired) electrons. The van der Waals surface area contributed by atoms with Crippen LogP contribution in [0.3, 0.4) is 0 Å². The summed E-state index contributed by atoms with van der Waals surface area (Å²) < 4.78 is 24.8. The second-order valence-corrected chi connectivity index (χ2v) is 20.9. The number of aromatic amines is 2. The third kappa shape index (κ3) is 8.49. The van der Waals surface area contributed by atoms with E-state index in [1.165, 1.54) is 24.8 Å². The maximum atomic E-state index is 14.9. The fourth-order valence-corrected chi connectivity index (χ4v) is 12.6. The standard InChI is InChI=1S/C58H64N8O6/c67-57(53(39-9-2-1-3-10-39)63-19-7-25-69-27-23-63)65-21-5-13-47(65)55-59-33-45(61-55)41-29-43-35-72-50-32-42(30-44-36-71-49(31-41)51(43)52(44)50)46-34-60-56(62-46)48-14-6-22-66(48)58(68)54(64-20-8-26-70-28-24-64)40-17-15-38(16-18-40)37-11-4-12-37/h1-3,9-10,15-18,29-34,37,47-48,53-54H,4-8,11-14,19-28,35-36H2,(H,59,61)(H,60,62)/t47-,48-,53?,54?/m0/s1. The maximum Gasteiger partial charge on any atom is 0.245 e. The van der Waals surface area contributed by atoms with Gasteiger partial charge in [0.05, 0.1) is 49.1 Å². The van der Waals surface area contributed by atoms with Crippen molar-refractivity contribution < 1.29 is 28.5 Å². The highest BCUT2D eigenvalue weighted by Crippen LogP contribution is 2.51. The van der Waals surface area contributed by atoms with Gasteiger partial charge in [0.25, 0.3) is 0 Å². The van der Waals surface area contributed by atoms with Gasteiger partial charge < -0.3 is 38.7 Å². The van der Waals surface area contributed by atoms with E-state index in [9.17, 15) is 9.59 Å². The van der Waals surface area contributed by atoms with Gasteiger partial charge in [0.2, 0.25) is 11.8 Å². The van der Waals surface area contributed by atoms with Gasteiger partial charge in [-0.25, -0.2) is 9.97 Å². The molecule has 8 heterocycles. The summed E-state index contributed by atoms with van der Waals surface area (Å²) in [7, 11) is 0. The summed E-state index contributed by atoms with van der Waals surface area (Å²) >= 11 is 0.